The molecule has 0 saturated carbocycles. The monoisotopic (exact) mass is 265 g/mol. The van der Waals surface area contributed by atoms with E-state index in [1.807, 2.05) is 35.9 Å². The molecule has 0 aliphatic rings. The summed E-state index contributed by atoms with van der Waals surface area (Å²) in [6.45, 7) is 0.127. The van der Waals surface area contributed by atoms with Crippen LogP contribution < -0.4 is 4.74 Å². The largest absolute Gasteiger partial charge is 0.496 e. The highest BCUT2D eigenvalue weighted by atomic mass is 32.2. The molecule has 0 radical (unpaired) electrons. The maximum absolute atomic E-state index is 8.83. The normalized spacial score (nSPS) is 10.6. The lowest BCUT2D eigenvalue weighted by molar-refractivity contribution is 0.322. The zero-order valence-corrected chi connectivity index (χ0v) is 11.1. The van der Waals surface area contributed by atoms with Crippen LogP contribution in [0.4, 0.5) is 0 Å². The summed E-state index contributed by atoms with van der Waals surface area (Å²) in [5.74, 6) is 2.14. The third kappa shape index (κ3) is 2.49. The maximum Gasteiger partial charge on any atom is 0.191 e. The second-order valence-corrected chi connectivity index (χ2v) is 4.70. The molecule has 0 atom stereocenters. The van der Waals surface area contributed by atoms with Gasteiger partial charge >= 0.3 is 0 Å². The highest BCUT2D eigenvalue weighted by Crippen LogP contribution is 2.29. The van der Waals surface area contributed by atoms with Crippen LogP contribution in [0.25, 0.3) is 11.4 Å². The minimum Gasteiger partial charge on any atom is -0.496 e. The third-order valence-electron chi connectivity index (χ3n) is 2.51. The molecule has 2 aromatic rings. The van der Waals surface area contributed by atoms with Gasteiger partial charge in [0.05, 0.1) is 19.3 Å². The lowest BCUT2D eigenvalue weighted by Crippen LogP contribution is -1.97. The van der Waals surface area contributed by atoms with Crippen molar-refractivity contribution in [1.29, 1.82) is 0 Å². The van der Waals surface area contributed by atoms with Gasteiger partial charge in [-0.15, -0.1) is 10.2 Å². The molecule has 0 bridgehead atoms. The molecule has 5 nitrogen and oxygen atoms in total. The maximum atomic E-state index is 8.83. The highest BCUT2D eigenvalue weighted by Gasteiger charge is 2.14. The van der Waals surface area contributed by atoms with Crippen molar-refractivity contribution in [2.24, 2.45) is 7.05 Å². The van der Waals surface area contributed by atoms with Gasteiger partial charge in [-0.2, -0.15) is 0 Å². The molecule has 0 amide bonds. The van der Waals surface area contributed by atoms with Gasteiger partial charge < -0.3 is 14.4 Å². The van der Waals surface area contributed by atoms with Crippen molar-refractivity contribution in [3.63, 3.8) is 0 Å². The zero-order chi connectivity index (χ0) is 13.0. The van der Waals surface area contributed by atoms with Crippen LogP contribution in [0.15, 0.2) is 29.4 Å². The van der Waals surface area contributed by atoms with Crippen molar-refractivity contribution in [3.8, 4) is 17.1 Å². The van der Waals surface area contributed by atoms with Gasteiger partial charge in [-0.05, 0) is 12.1 Å². The minimum absolute atomic E-state index is 0.127. The van der Waals surface area contributed by atoms with E-state index in [0.717, 1.165) is 22.3 Å². The second-order valence-electron chi connectivity index (χ2n) is 3.64. The summed E-state index contributed by atoms with van der Waals surface area (Å²) in [7, 11) is 3.54. The predicted molar refractivity (Wildman–Crippen MR) is 70.8 cm³/mol. The fourth-order valence-electron chi connectivity index (χ4n) is 1.64. The van der Waals surface area contributed by atoms with Crippen molar-refractivity contribution >= 4 is 11.8 Å². The molecule has 0 spiro atoms. The van der Waals surface area contributed by atoms with Crippen molar-refractivity contribution in [3.05, 3.63) is 24.3 Å². The summed E-state index contributed by atoms with van der Waals surface area (Å²) in [6, 6.07) is 7.70. The number of para-hydroxylation sites is 1. The number of aromatic nitrogens is 3. The Morgan fingerprint density at radius 2 is 2.11 bits per heavy atom. The molecule has 0 aliphatic carbocycles. The number of nitrogens with zero attached hydrogens (tertiary/aromatic N) is 3. The van der Waals surface area contributed by atoms with E-state index in [-0.39, 0.29) is 6.61 Å². The van der Waals surface area contributed by atoms with Crippen molar-refractivity contribution in [2.45, 2.75) is 5.16 Å². The molecule has 0 saturated heterocycles. The first-order valence-electron chi connectivity index (χ1n) is 5.54. The summed E-state index contributed by atoms with van der Waals surface area (Å²) >= 11 is 1.47. The van der Waals surface area contributed by atoms with E-state index in [0.29, 0.717) is 5.75 Å². The van der Waals surface area contributed by atoms with E-state index in [9.17, 15) is 0 Å². The summed E-state index contributed by atoms with van der Waals surface area (Å²) in [6.07, 6.45) is 0. The van der Waals surface area contributed by atoms with Crippen LogP contribution in [0.1, 0.15) is 0 Å². The molecule has 0 unspecified atom stereocenters. The topological polar surface area (TPSA) is 60.2 Å². The number of rotatable bonds is 5. The Labute approximate surface area is 110 Å². The van der Waals surface area contributed by atoms with Gasteiger partial charge in [0, 0.05) is 12.8 Å². The van der Waals surface area contributed by atoms with Crippen LogP contribution in [-0.2, 0) is 7.05 Å². The number of aliphatic hydroxyl groups excluding tert-OH is 1. The standard InChI is InChI=1S/C12H15N3O2S/c1-15-11(13-14-12(15)18-8-7-16)9-5-3-4-6-10(9)17-2/h3-6,16H,7-8H2,1-2H3. The molecular weight excluding hydrogens is 250 g/mol. The van der Waals surface area contributed by atoms with E-state index in [1.54, 1.807) is 7.11 Å². The fraction of sp³-hybridized carbons (Fsp3) is 0.333. The Morgan fingerprint density at radius 1 is 1.33 bits per heavy atom. The van der Waals surface area contributed by atoms with Crippen molar-refractivity contribution in [1.82, 2.24) is 14.8 Å². The molecule has 6 heteroatoms. The van der Waals surface area contributed by atoms with E-state index in [4.69, 9.17) is 9.84 Å². The Balaban J connectivity index is 2.36. The van der Waals surface area contributed by atoms with Crippen molar-refractivity contribution < 1.29 is 9.84 Å². The van der Waals surface area contributed by atoms with E-state index >= 15 is 0 Å². The average Bonchev–Trinajstić information content (AvgIpc) is 2.77. The van der Waals surface area contributed by atoms with E-state index in [2.05, 4.69) is 10.2 Å². The van der Waals surface area contributed by atoms with Crippen LogP contribution in [0, 0.1) is 0 Å². The zero-order valence-electron chi connectivity index (χ0n) is 10.3. The molecule has 0 fully saturated rings. The average molecular weight is 265 g/mol. The van der Waals surface area contributed by atoms with Gasteiger partial charge in [0.25, 0.3) is 0 Å². The van der Waals surface area contributed by atoms with Crippen LogP contribution in [0.3, 0.4) is 0 Å². The number of hydrogen-bond acceptors (Lipinski definition) is 5. The summed E-state index contributed by atoms with van der Waals surface area (Å²) < 4.78 is 7.22. The molecule has 1 N–H and O–H groups in total. The SMILES string of the molecule is COc1ccccc1-c1nnc(SCCO)n1C. The molecular formula is C12H15N3O2S. The first-order chi connectivity index (χ1) is 8.77. The molecule has 96 valence electrons. The van der Waals surface area contributed by atoms with Crippen molar-refractivity contribution in [2.75, 3.05) is 19.5 Å². The Hall–Kier alpha value is -1.53. The second kappa shape index (κ2) is 5.88. The lowest BCUT2D eigenvalue weighted by atomic mass is 10.2. The number of thioether (sulfide) groups is 1. The first kappa shape index (κ1) is 12.9. The number of methoxy groups -OCH3 is 1. The van der Waals surface area contributed by atoms with Crippen LogP contribution in [0.2, 0.25) is 0 Å². The van der Waals surface area contributed by atoms with Gasteiger partial charge in [-0.25, -0.2) is 0 Å². The van der Waals surface area contributed by atoms with Gasteiger partial charge in [0.1, 0.15) is 5.75 Å². The number of aliphatic hydroxyl groups is 1. The molecule has 2 rings (SSSR count). The Morgan fingerprint density at radius 3 is 2.83 bits per heavy atom. The Bertz CT molecular complexity index is 528. The van der Waals surface area contributed by atoms with Crippen LogP contribution in [-0.4, -0.2) is 39.3 Å². The van der Waals surface area contributed by atoms with Gasteiger partial charge in [0.2, 0.25) is 0 Å². The number of ether oxygens (including phenoxy) is 1. The molecule has 18 heavy (non-hydrogen) atoms. The lowest BCUT2D eigenvalue weighted by Gasteiger charge is -2.07. The van der Waals surface area contributed by atoms with Gasteiger partial charge in [-0.1, -0.05) is 23.9 Å². The first-order valence-corrected chi connectivity index (χ1v) is 6.53. The fourth-order valence-corrected chi connectivity index (χ4v) is 2.29. The smallest absolute Gasteiger partial charge is 0.191 e. The van der Waals surface area contributed by atoms with E-state index < -0.39 is 0 Å². The number of benzene rings is 1. The highest BCUT2D eigenvalue weighted by molar-refractivity contribution is 7.99. The summed E-state index contributed by atoms with van der Waals surface area (Å²) in [4.78, 5) is 0. The Kier molecular flexibility index (Phi) is 4.22. The quantitative estimate of drug-likeness (QED) is 0.832. The molecule has 1 aromatic heterocycles. The predicted octanol–water partition coefficient (Wildman–Crippen LogP) is 1.58. The summed E-state index contributed by atoms with van der Waals surface area (Å²) in [5.41, 5.74) is 0.908. The molecule has 0 aliphatic heterocycles. The third-order valence-corrected chi connectivity index (χ3v) is 3.51. The molecule has 1 heterocycles. The summed E-state index contributed by atoms with van der Waals surface area (Å²) in [5, 5.41) is 17.9. The number of hydrogen-bond donors (Lipinski definition) is 1. The van der Waals surface area contributed by atoms with Crippen LogP contribution in [0.5, 0.6) is 5.75 Å². The molecule has 1 aromatic carbocycles. The van der Waals surface area contributed by atoms with Gasteiger partial charge in [0.15, 0.2) is 11.0 Å². The van der Waals surface area contributed by atoms with Crippen LogP contribution >= 0.6 is 11.8 Å². The van der Waals surface area contributed by atoms with E-state index in [1.165, 1.54) is 11.8 Å². The minimum atomic E-state index is 0.127. The van der Waals surface area contributed by atoms with Gasteiger partial charge in [-0.3, -0.25) is 0 Å².